The summed E-state index contributed by atoms with van der Waals surface area (Å²) in [5, 5.41) is 7.28. The molecular formula is C35H34N6O4S2. The standard InChI is InChI=1S/C35H34N6O4S2/c1-20-5-9-24-28(13-20)40-34(38-24)46-18-32(42)36-26-11-7-22(16-30(26)44-3)15-23-8-12-27(31(17-23)45-4)37-33(43)19-47-35-39-25-10-6-21(2)14-29(25)41-35/h5-14,16-17H,15,18-19H2,1-4H3,(H,36,42)(H,37,43)(H,38,40)(H,39,41). The van der Waals surface area contributed by atoms with Crippen molar-refractivity contribution in [2.24, 2.45) is 0 Å². The van der Waals surface area contributed by atoms with Gasteiger partial charge in [-0.3, -0.25) is 9.59 Å². The number of fused-ring (bicyclic) bond motifs is 2. The van der Waals surface area contributed by atoms with Crippen LogP contribution in [0.2, 0.25) is 0 Å². The van der Waals surface area contributed by atoms with Crippen molar-refractivity contribution < 1.29 is 19.1 Å². The molecule has 0 aliphatic rings. The molecule has 0 aliphatic carbocycles. The number of methoxy groups -OCH3 is 2. The lowest BCUT2D eigenvalue weighted by Gasteiger charge is -2.14. The number of benzene rings is 4. The molecule has 0 atom stereocenters. The van der Waals surface area contributed by atoms with E-state index in [0.717, 1.165) is 44.3 Å². The van der Waals surface area contributed by atoms with Gasteiger partial charge < -0.3 is 30.1 Å². The molecule has 12 heteroatoms. The number of thioether (sulfide) groups is 2. The summed E-state index contributed by atoms with van der Waals surface area (Å²) in [4.78, 5) is 41.1. The van der Waals surface area contributed by atoms with Crippen molar-refractivity contribution in [3.8, 4) is 11.5 Å². The summed E-state index contributed by atoms with van der Waals surface area (Å²) >= 11 is 2.69. The van der Waals surface area contributed by atoms with E-state index >= 15 is 0 Å². The number of nitrogens with zero attached hydrogens (tertiary/aromatic N) is 2. The summed E-state index contributed by atoms with van der Waals surface area (Å²) in [6.45, 7) is 4.06. The fourth-order valence-electron chi connectivity index (χ4n) is 5.11. The highest BCUT2D eigenvalue weighted by Gasteiger charge is 2.14. The van der Waals surface area contributed by atoms with Crippen LogP contribution in [-0.4, -0.2) is 57.5 Å². The SMILES string of the molecule is COc1cc(Cc2ccc(NC(=O)CSc3nc4ccc(C)cc4[nH]3)c(OC)c2)ccc1NC(=O)CSc1nc2ccc(C)cc2[nH]1. The normalized spacial score (nSPS) is 11.1. The maximum atomic E-state index is 12.8. The quantitative estimate of drug-likeness (QED) is 0.101. The van der Waals surface area contributed by atoms with Gasteiger partial charge in [-0.2, -0.15) is 0 Å². The number of anilines is 2. The van der Waals surface area contributed by atoms with Crippen molar-refractivity contribution in [1.29, 1.82) is 0 Å². The number of carbonyl (C=O) groups excluding carboxylic acids is 2. The smallest absolute Gasteiger partial charge is 0.234 e. The number of hydrogen-bond acceptors (Lipinski definition) is 8. The van der Waals surface area contributed by atoms with Gasteiger partial charge in [0.05, 0.1) is 59.2 Å². The van der Waals surface area contributed by atoms with Gasteiger partial charge in [0.15, 0.2) is 10.3 Å². The molecule has 47 heavy (non-hydrogen) atoms. The lowest BCUT2D eigenvalue weighted by Crippen LogP contribution is -2.15. The Labute approximate surface area is 280 Å². The van der Waals surface area contributed by atoms with E-state index in [1.54, 1.807) is 14.2 Å². The van der Waals surface area contributed by atoms with E-state index < -0.39 is 0 Å². The van der Waals surface area contributed by atoms with Crippen LogP contribution in [-0.2, 0) is 16.0 Å². The van der Waals surface area contributed by atoms with Gasteiger partial charge in [0, 0.05) is 0 Å². The Balaban J connectivity index is 1.04. The molecule has 0 spiro atoms. The van der Waals surface area contributed by atoms with Gasteiger partial charge in [0.1, 0.15) is 11.5 Å². The van der Waals surface area contributed by atoms with Crippen LogP contribution in [0.3, 0.4) is 0 Å². The minimum atomic E-state index is -0.161. The second-order valence-corrected chi connectivity index (χ2v) is 13.0. The second-order valence-electron chi connectivity index (χ2n) is 11.0. The lowest BCUT2D eigenvalue weighted by molar-refractivity contribution is -0.114. The Morgan fingerprint density at radius 2 is 1.11 bits per heavy atom. The average Bonchev–Trinajstić information content (AvgIpc) is 3.66. The van der Waals surface area contributed by atoms with Crippen LogP contribution in [0.25, 0.3) is 22.1 Å². The molecule has 0 saturated heterocycles. The minimum absolute atomic E-state index is 0.161. The monoisotopic (exact) mass is 666 g/mol. The van der Waals surface area contributed by atoms with E-state index in [-0.39, 0.29) is 23.3 Å². The third-order valence-corrected chi connectivity index (χ3v) is 9.15. The lowest BCUT2D eigenvalue weighted by atomic mass is 10.0. The van der Waals surface area contributed by atoms with Gasteiger partial charge in [-0.05, 0) is 91.1 Å². The Kier molecular flexibility index (Phi) is 9.69. The number of hydrogen-bond donors (Lipinski definition) is 4. The van der Waals surface area contributed by atoms with Gasteiger partial charge >= 0.3 is 0 Å². The summed E-state index contributed by atoms with van der Waals surface area (Å²) < 4.78 is 11.2. The molecule has 6 rings (SSSR count). The van der Waals surface area contributed by atoms with Gasteiger partial charge in [-0.15, -0.1) is 0 Å². The maximum absolute atomic E-state index is 12.8. The fourth-order valence-corrected chi connectivity index (χ4v) is 6.48. The van der Waals surface area contributed by atoms with Gasteiger partial charge in [0.25, 0.3) is 0 Å². The number of imidazole rings is 2. The van der Waals surface area contributed by atoms with E-state index in [0.29, 0.717) is 39.6 Å². The van der Waals surface area contributed by atoms with E-state index in [1.165, 1.54) is 23.5 Å². The highest BCUT2D eigenvalue weighted by molar-refractivity contribution is 8.00. The van der Waals surface area contributed by atoms with Crippen molar-refractivity contribution in [2.75, 3.05) is 36.4 Å². The summed E-state index contributed by atoms with van der Waals surface area (Å²) in [5.74, 6) is 1.20. The molecule has 0 fully saturated rings. The number of carbonyl (C=O) groups is 2. The molecule has 0 saturated carbocycles. The number of amides is 2. The van der Waals surface area contributed by atoms with Gasteiger partial charge in [0.2, 0.25) is 11.8 Å². The molecule has 0 radical (unpaired) electrons. The number of nitrogens with one attached hydrogen (secondary N) is 4. The molecule has 240 valence electrons. The first-order valence-electron chi connectivity index (χ1n) is 14.9. The first-order valence-corrected chi connectivity index (χ1v) is 16.9. The third kappa shape index (κ3) is 7.90. The van der Waals surface area contributed by atoms with Crippen molar-refractivity contribution in [1.82, 2.24) is 19.9 Å². The van der Waals surface area contributed by atoms with Crippen LogP contribution in [0.5, 0.6) is 11.5 Å². The van der Waals surface area contributed by atoms with Gasteiger partial charge in [-0.1, -0.05) is 47.8 Å². The molecule has 4 aromatic carbocycles. The van der Waals surface area contributed by atoms with Crippen LogP contribution < -0.4 is 20.1 Å². The largest absolute Gasteiger partial charge is 0.495 e. The predicted molar refractivity (Wildman–Crippen MR) is 189 cm³/mol. The average molecular weight is 667 g/mol. The van der Waals surface area contributed by atoms with Gasteiger partial charge in [-0.25, -0.2) is 9.97 Å². The van der Waals surface area contributed by atoms with Crippen molar-refractivity contribution in [3.05, 3.63) is 95.1 Å². The number of aromatic nitrogens is 4. The zero-order valence-corrected chi connectivity index (χ0v) is 28.0. The van der Waals surface area contributed by atoms with E-state index in [1.807, 2.05) is 86.6 Å². The molecule has 6 aromatic rings. The van der Waals surface area contributed by atoms with E-state index in [2.05, 4.69) is 30.6 Å². The Morgan fingerprint density at radius 1 is 0.660 bits per heavy atom. The van der Waals surface area contributed by atoms with E-state index in [9.17, 15) is 9.59 Å². The molecular weight excluding hydrogens is 633 g/mol. The summed E-state index contributed by atoms with van der Waals surface area (Å²) in [5.41, 5.74) is 9.10. The Hall–Kier alpha value is -4.94. The number of H-pyrrole nitrogens is 2. The van der Waals surface area contributed by atoms with Crippen molar-refractivity contribution >= 4 is 68.8 Å². The van der Waals surface area contributed by atoms with Crippen LogP contribution in [0, 0.1) is 13.8 Å². The highest BCUT2D eigenvalue weighted by atomic mass is 32.2. The fraction of sp³-hybridized carbons (Fsp3) is 0.200. The maximum Gasteiger partial charge on any atom is 0.234 e. The molecule has 2 aromatic heterocycles. The number of aromatic amines is 2. The third-order valence-electron chi connectivity index (χ3n) is 7.40. The number of ether oxygens (including phenoxy) is 2. The van der Waals surface area contributed by atoms with E-state index in [4.69, 9.17) is 9.47 Å². The molecule has 0 bridgehead atoms. The minimum Gasteiger partial charge on any atom is -0.495 e. The summed E-state index contributed by atoms with van der Waals surface area (Å²) in [7, 11) is 3.15. The molecule has 10 nitrogen and oxygen atoms in total. The Morgan fingerprint density at radius 3 is 1.53 bits per heavy atom. The number of aryl methyl sites for hydroxylation is 2. The van der Waals surface area contributed by atoms with Crippen LogP contribution in [0.15, 0.2) is 83.1 Å². The molecule has 4 N–H and O–H groups in total. The first-order chi connectivity index (χ1) is 22.8. The van der Waals surface area contributed by atoms with Crippen LogP contribution >= 0.6 is 23.5 Å². The topological polar surface area (TPSA) is 134 Å². The number of rotatable bonds is 12. The molecule has 2 amide bonds. The molecule has 2 heterocycles. The second kappa shape index (κ2) is 14.2. The molecule has 0 aliphatic heterocycles. The predicted octanol–water partition coefficient (Wildman–Crippen LogP) is 7.13. The summed E-state index contributed by atoms with van der Waals surface area (Å²) in [6.07, 6.45) is 0.595. The Bertz CT molecular complexity index is 1940. The van der Waals surface area contributed by atoms with Crippen molar-refractivity contribution in [3.63, 3.8) is 0 Å². The molecule has 0 unspecified atom stereocenters. The van der Waals surface area contributed by atoms with Crippen LogP contribution in [0.1, 0.15) is 22.3 Å². The van der Waals surface area contributed by atoms with Crippen molar-refractivity contribution in [2.45, 2.75) is 30.6 Å². The zero-order chi connectivity index (χ0) is 32.9. The zero-order valence-electron chi connectivity index (χ0n) is 26.4. The first kappa shape index (κ1) is 32.0. The summed E-state index contributed by atoms with van der Waals surface area (Å²) in [6, 6.07) is 23.4. The highest BCUT2D eigenvalue weighted by Crippen LogP contribution is 2.31. The van der Waals surface area contributed by atoms with Crippen LogP contribution in [0.4, 0.5) is 11.4 Å².